The Morgan fingerprint density at radius 1 is 0.410 bits per heavy atom. The molecule has 0 aromatic heterocycles. The molecule has 0 amide bonds. The molecule has 7 aromatic carbocycles. The molecule has 1 nitrogen and oxygen atoms in total. The zero-order valence-corrected chi connectivity index (χ0v) is 22.2. The van der Waals surface area contributed by atoms with E-state index in [1.54, 1.807) is 0 Å². The molecule has 0 fully saturated rings. The van der Waals surface area contributed by atoms with Crippen molar-refractivity contribution in [1.29, 1.82) is 0 Å². The Bertz CT molecular complexity index is 1980. The lowest BCUT2D eigenvalue weighted by atomic mass is 9.88. The van der Waals surface area contributed by atoms with Crippen LogP contribution >= 0.6 is 0 Å². The van der Waals surface area contributed by atoms with Gasteiger partial charge in [0, 0.05) is 16.8 Å². The van der Waals surface area contributed by atoms with Gasteiger partial charge in [0.2, 0.25) is 0 Å². The van der Waals surface area contributed by atoms with Crippen molar-refractivity contribution in [3.63, 3.8) is 0 Å². The van der Waals surface area contributed by atoms with Crippen LogP contribution in [0.5, 0.6) is 0 Å². The van der Waals surface area contributed by atoms with Gasteiger partial charge in [-0.15, -0.1) is 0 Å². The normalized spacial score (nSPS) is 11.3. The van der Waals surface area contributed by atoms with Gasteiger partial charge in [-0.05, 0) is 87.3 Å². The smallest absolute Gasteiger partial charge is 0.0540 e. The number of aryl methyl sites for hydroxylation is 2. The molecule has 0 unspecified atom stereocenters. The third kappa shape index (κ3) is 3.86. The standard InChI is InChI=1S/C38H29N/c1-26-12-3-10-20-36(26)39(37-21-11-14-28-13-4-5-16-32(28)37)30-24-22-29(23-25-30)38-27(2)31-15-6-7-17-33(31)34-18-8-9-19-35(34)38/h3-25H,1-2H3. The van der Waals surface area contributed by atoms with Gasteiger partial charge >= 0.3 is 0 Å². The molecule has 0 radical (unpaired) electrons. The maximum Gasteiger partial charge on any atom is 0.0540 e. The average molecular weight is 500 g/mol. The van der Waals surface area contributed by atoms with Gasteiger partial charge in [-0.2, -0.15) is 0 Å². The van der Waals surface area contributed by atoms with E-state index in [1.165, 1.54) is 65.9 Å². The van der Waals surface area contributed by atoms with Crippen LogP contribution in [0, 0.1) is 13.8 Å². The Morgan fingerprint density at radius 2 is 0.949 bits per heavy atom. The molecule has 0 spiro atoms. The second-order valence-electron chi connectivity index (χ2n) is 10.3. The number of hydrogen-bond donors (Lipinski definition) is 0. The van der Waals surface area contributed by atoms with E-state index in [2.05, 4.69) is 158 Å². The molecular formula is C38H29N. The first kappa shape index (κ1) is 23.3. The highest BCUT2D eigenvalue weighted by Crippen LogP contribution is 2.42. The number of hydrogen-bond acceptors (Lipinski definition) is 1. The van der Waals surface area contributed by atoms with Crippen molar-refractivity contribution in [3.8, 4) is 11.1 Å². The Kier molecular flexibility index (Phi) is 5.64. The minimum Gasteiger partial charge on any atom is -0.310 e. The summed E-state index contributed by atoms with van der Waals surface area (Å²) in [4.78, 5) is 2.40. The molecule has 0 heterocycles. The third-order valence-electron chi connectivity index (χ3n) is 7.97. The molecule has 0 atom stereocenters. The van der Waals surface area contributed by atoms with Crippen molar-refractivity contribution >= 4 is 49.4 Å². The van der Waals surface area contributed by atoms with Gasteiger partial charge in [-0.25, -0.2) is 0 Å². The highest BCUT2D eigenvalue weighted by Gasteiger charge is 2.18. The minimum absolute atomic E-state index is 1.15. The summed E-state index contributed by atoms with van der Waals surface area (Å²) in [6.45, 7) is 4.44. The molecule has 1 heteroatoms. The van der Waals surface area contributed by atoms with Crippen LogP contribution in [0.25, 0.3) is 43.4 Å². The van der Waals surface area contributed by atoms with Crippen LogP contribution < -0.4 is 4.90 Å². The lowest BCUT2D eigenvalue weighted by Crippen LogP contribution is -2.11. The maximum absolute atomic E-state index is 2.40. The molecule has 0 saturated carbocycles. The second-order valence-corrected chi connectivity index (χ2v) is 10.3. The molecule has 7 aromatic rings. The zero-order valence-electron chi connectivity index (χ0n) is 22.2. The lowest BCUT2D eigenvalue weighted by molar-refractivity contribution is 1.26. The molecular weight excluding hydrogens is 470 g/mol. The summed E-state index contributed by atoms with van der Waals surface area (Å²) in [7, 11) is 0. The van der Waals surface area contributed by atoms with Crippen LogP contribution in [0.3, 0.4) is 0 Å². The van der Waals surface area contributed by atoms with E-state index >= 15 is 0 Å². The fraction of sp³-hybridized carbons (Fsp3) is 0.0526. The summed E-state index contributed by atoms with van der Waals surface area (Å²) in [5, 5.41) is 7.70. The minimum atomic E-state index is 1.15. The molecule has 0 aliphatic rings. The van der Waals surface area contributed by atoms with Gasteiger partial charge in [-0.3, -0.25) is 0 Å². The van der Waals surface area contributed by atoms with E-state index in [4.69, 9.17) is 0 Å². The van der Waals surface area contributed by atoms with Gasteiger partial charge in [0.15, 0.2) is 0 Å². The summed E-state index contributed by atoms with van der Waals surface area (Å²) in [5.41, 5.74) is 8.63. The maximum atomic E-state index is 2.40. The van der Waals surface area contributed by atoms with Crippen molar-refractivity contribution in [2.45, 2.75) is 13.8 Å². The highest BCUT2D eigenvalue weighted by molar-refractivity contribution is 6.15. The quantitative estimate of drug-likeness (QED) is 0.218. The molecule has 39 heavy (non-hydrogen) atoms. The third-order valence-corrected chi connectivity index (χ3v) is 7.97. The van der Waals surface area contributed by atoms with Gasteiger partial charge in [-0.1, -0.05) is 115 Å². The van der Waals surface area contributed by atoms with Crippen molar-refractivity contribution in [3.05, 3.63) is 151 Å². The van der Waals surface area contributed by atoms with Gasteiger partial charge < -0.3 is 4.90 Å². The van der Waals surface area contributed by atoms with Gasteiger partial charge in [0.25, 0.3) is 0 Å². The monoisotopic (exact) mass is 499 g/mol. The number of fused-ring (bicyclic) bond motifs is 4. The zero-order chi connectivity index (χ0) is 26.3. The number of anilines is 3. The van der Waals surface area contributed by atoms with Crippen LogP contribution in [-0.2, 0) is 0 Å². The fourth-order valence-corrected chi connectivity index (χ4v) is 6.09. The van der Waals surface area contributed by atoms with E-state index in [-0.39, 0.29) is 0 Å². The average Bonchev–Trinajstić information content (AvgIpc) is 2.99. The van der Waals surface area contributed by atoms with Crippen molar-refractivity contribution < 1.29 is 0 Å². The van der Waals surface area contributed by atoms with Crippen molar-refractivity contribution in [2.75, 3.05) is 4.90 Å². The summed E-state index contributed by atoms with van der Waals surface area (Å²) < 4.78 is 0. The molecule has 186 valence electrons. The number of rotatable bonds is 4. The van der Waals surface area contributed by atoms with Gasteiger partial charge in [0.1, 0.15) is 0 Å². The Morgan fingerprint density at radius 3 is 1.69 bits per heavy atom. The fourth-order valence-electron chi connectivity index (χ4n) is 6.09. The highest BCUT2D eigenvalue weighted by atomic mass is 15.1. The molecule has 0 aliphatic carbocycles. The van der Waals surface area contributed by atoms with E-state index in [1.807, 2.05) is 0 Å². The van der Waals surface area contributed by atoms with Crippen molar-refractivity contribution in [2.24, 2.45) is 0 Å². The predicted octanol–water partition coefficient (Wildman–Crippen LogP) is 10.9. The molecule has 0 saturated heterocycles. The number of benzene rings is 7. The summed E-state index contributed by atoms with van der Waals surface area (Å²) >= 11 is 0. The second kappa shape index (κ2) is 9.45. The first-order valence-corrected chi connectivity index (χ1v) is 13.5. The first-order valence-electron chi connectivity index (χ1n) is 13.5. The van der Waals surface area contributed by atoms with Crippen LogP contribution in [0.15, 0.2) is 140 Å². The van der Waals surface area contributed by atoms with Crippen LogP contribution in [0.2, 0.25) is 0 Å². The first-order chi connectivity index (χ1) is 19.2. The summed E-state index contributed by atoms with van der Waals surface area (Å²) in [6, 6.07) is 50.5. The topological polar surface area (TPSA) is 3.24 Å². The molecule has 0 aliphatic heterocycles. The van der Waals surface area contributed by atoms with Crippen LogP contribution in [-0.4, -0.2) is 0 Å². The predicted molar refractivity (Wildman–Crippen MR) is 169 cm³/mol. The molecule has 7 rings (SSSR count). The Hall–Kier alpha value is -4.88. The Labute approximate surface area is 229 Å². The number of para-hydroxylation sites is 1. The number of nitrogens with zero attached hydrogens (tertiary/aromatic N) is 1. The van der Waals surface area contributed by atoms with Crippen molar-refractivity contribution in [1.82, 2.24) is 0 Å². The van der Waals surface area contributed by atoms with E-state index in [0.29, 0.717) is 0 Å². The lowest BCUT2D eigenvalue weighted by Gasteiger charge is -2.28. The van der Waals surface area contributed by atoms with Crippen LogP contribution in [0.4, 0.5) is 17.1 Å². The SMILES string of the molecule is Cc1ccccc1N(c1ccc(-c2c(C)c3ccccc3c3ccccc23)cc1)c1cccc2ccccc12. The van der Waals surface area contributed by atoms with Gasteiger partial charge in [0.05, 0.1) is 5.69 Å². The van der Waals surface area contributed by atoms with E-state index in [0.717, 1.165) is 5.69 Å². The van der Waals surface area contributed by atoms with E-state index in [9.17, 15) is 0 Å². The van der Waals surface area contributed by atoms with E-state index < -0.39 is 0 Å². The summed E-state index contributed by atoms with van der Waals surface area (Å²) in [6.07, 6.45) is 0. The largest absolute Gasteiger partial charge is 0.310 e. The van der Waals surface area contributed by atoms with Crippen LogP contribution in [0.1, 0.15) is 11.1 Å². The Balaban J connectivity index is 1.43. The summed E-state index contributed by atoms with van der Waals surface area (Å²) in [5.74, 6) is 0. The molecule has 0 bridgehead atoms. The molecule has 0 N–H and O–H groups in total.